The summed E-state index contributed by atoms with van der Waals surface area (Å²) in [4.78, 5) is 39.5. The van der Waals surface area contributed by atoms with Gasteiger partial charge in [-0.05, 0) is 54.8 Å². The number of ether oxygens (including phenoxy) is 4. The minimum absolute atomic E-state index is 0.00456. The second-order valence-electron chi connectivity index (χ2n) is 10.9. The average molecular weight is 596 g/mol. The lowest BCUT2D eigenvalue weighted by molar-refractivity contribution is -0.139. The minimum Gasteiger partial charge on any atom is -0.497 e. The summed E-state index contributed by atoms with van der Waals surface area (Å²) in [7, 11) is 1.62. The molecule has 44 heavy (non-hydrogen) atoms. The van der Waals surface area contributed by atoms with Crippen molar-refractivity contribution in [3.8, 4) is 17.2 Å². The van der Waals surface area contributed by atoms with E-state index in [1.165, 1.54) is 6.92 Å². The fourth-order valence-electron chi connectivity index (χ4n) is 5.98. The Hall–Kier alpha value is -4.85. The summed E-state index contributed by atoms with van der Waals surface area (Å²) in [5, 5.41) is 3.38. The Morgan fingerprint density at radius 1 is 0.932 bits per heavy atom. The number of allylic oxidation sites excluding steroid dienone is 3. The summed E-state index contributed by atoms with van der Waals surface area (Å²) in [6.45, 7) is 5.52. The second kappa shape index (κ2) is 13.6. The number of hydrogen-bond donors (Lipinski definition) is 1. The van der Waals surface area contributed by atoms with Gasteiger partial charge in [-0.15, -0.1) is 0 Å². The molecule has 1 aliphatic carbocycles. The maximum atomic E-state index is 14.0. The Balaban J connectivity index is 1.53. The van der Waals surface area contributed by atoms with E-state index in [4.69, 9.17) is 18.9 Å². The first-order chi connectivity index (χ1) is 21.3. The Morgan fingerprint density at radius 2 is 1.66 bits per heavy atom. The number of carbonyl (C=O) groups excluding carboxylic acids is 3. The zero-order chi connectivity index (χ0) is 31.2. The number of hydrogen-bond acceptors (Lipinski definition) is 8. The topological polar surface area (TPSA) is 100 Å². The SMILES string of the molecule is CCOc1cc(C2C(C(=O)OCCc3ccccc3)=C(C)NC3=CC(c4ccc(OC)cc4)CC(=O)C32)ccc1OC(C)=O. The molecule has 2 aliphatic rings. The first kappa shape index (κ1) is 30.6. The van der Waals surface area contributed by atoms with Gasteiger partial charge in [-0.3, -0.25) is 9.59 Å². The molecule has 0 fully saturated rings. The summed E-state index contributed by atoms with van der Waals surface area (Å²) in [5.41, 5.74) is 4.50. The Labute approximate surface area is 257 Å². The molecule has 0 amide bonds. The van der Waals surface area contributed by atoms with Crippen LogP contribution in [0.2, 0.25) is 0 Å². The number of rotatable bonds is 10. The summed E-state index contributed by atoms with van der Waals surface area (Å²) >= 11 is 0. The van der Waals surface area contributed by atoms with Crippen LogP contribution in [-0.2, 0) is 25.5 Å². The highest BCUT2D eigenvalue weighted by Gasteiger charge is 2.45. The fraction of sp³-hybridized carbons (Fsp3) is 0.306. The van der Waals surface area contributed by atoms with Gasteiger partial charge < -0.3 is 24.3 Å². The van der Waals surface area contributed by atoms with Gasteiger partial charge in [0.15, 0.2) is 11.5 Å². The number of ketones is 1. The van der Waals surface area contributed by atoms with Gasteiger partial charge in [0, 0.05) is 43.0 Å². The van der Waals surface area contributed by atoms with Crippen LogP contribution < -0.4 is 19.5 Å². The number of Topliss-reactive ketones (excluding diaryl/α,β-unsaturated/α-hetero) is 1. The molecule has 8 heteroatoms. The number of nitrogens with one attached hydrogen (secondary N) is 1. The molecule has 0 radical (unpaired) electrons. The first-order valence-electron chi connectivity index (χ1n) is 14.8. The van der Waals surface area contributed by atoms with Crippen LogP contribution in [0.5, 0.6) is 17.2 Å². The highest BCUT2D eigenvalue weighted by Crippen LogP contribution is 2.47. The van der Waals surface area contributed by atoms with Gasteiger partial charge in [0.25, 0.3) is 0 Å². The molecule has 5 rings (SSSR count). The van der Waals surface area contributed by atoms with E-state index in [2.05, 4.69) is 11.4 Å². The van der Waals surface area contributed by atoms with E-state index in [1.54, 1.807) is 25.3 Å². The average Bonchev–Trinajstić information content (AvgIpc) is 3.01. The fourth-order valence-corrected chi connectivity index (χ4v) is 5.98. The normalized spacial score (nSPS) is 19.3. The molecule has 3 aromatic carbocycles. The molecule has 3 unspecified atom stereocenters. The van der Waals surface area contributed by atoms with Gasteiger partial charge in [0.2, 0.25) is 0 Å². The summed E-state index contributed by atoms with van der Waals surface area (Å²) < 4.78 is 22.3. The van der Waals surface area contributed by atoms with Gasteiger partial charge in [-0.2, -0.15) is 0 Å². The lowest BCUT2D eigenvalue weighted by Crippen LogP contribution is -2.42. The van der Waals surface area contributed by atoms with Crippen LogP contribution in [0.3, 0.4) is 0 Å². The summed E-state index contributed by atoms with van der Waals surface area (Å²) in [5.74, 6) is -0.990. The molecule has 228 valence electrons. The number of carbonyl (C=O) groups is 3. The molecule has 0 spiro atoms. The van der Waals surface area contributed by atoms with E-state index in [-0.39, 0.29) is 30.5 Å². The molecule has 1 aliphatic heterocycles. The predicted octanol–water partition coefficient (Wildman–Crippen LogP) is 6.02. The molecular formula is C36H37NO7. The quantitative estimate of drug-likeness (QED) is 0.224. The van der Waals surface area contributed by atoms with Crippen LogP contribution in [0.25, 0.3) is 0 Å². The lowest BCUT2D eigenvalue weighted by atomic mass is 9.68. The summed E-state index contributed by atoms with van der Waals surface area (Å²) in [6.07, 6.45) is 2.93. The van der Waals surface area contributed by atoms with Crippen molar-refractivity contribution < 1.29 is 33.3 Å². The van der Waals surface area contributed by atoms with Crippen molar-refractivity contribution in [2.24, 2.45) is 5.92 Å². The van der Waals surface area contributed by atoms with Crippen LogP contribution in [0.4, 0.5) is 0 Å². The van der Waals surface area contributed by atoms with Crippen molar-refractivity contribution >= 4 is 17.7 Å². The lowest BCUT2D eigenvalue weighted by Gasteiger charge is -2.39. The van der Waals surface area contributed by atoms with Crippen LogP contribution in [-0.4, -0.2) is 38.0 Å². The molecule has 1 N–H and O–H groups in total. The Bertz CT molecular complexity index is 1590. The molecule has 8 nitrogen and oxygen atoms in total. The van der Waals surface area contributed by atoms with E-state index in [0.29, 0.717) is 35.6 Å². The number of fused-ring (bicyclic) bond motifs is 1. The van der Waals surface area contributed by atoms with Crippen LogP contribution >= 0.6 is 0 Å². The number of benzene rings is 3. The van der Waals surface area contributed by atoms with Crippen molar-refractivity contribution in [1.82, 2.24) is 5.32 Å². The van der Waals surface area contributed by atoms with E-state index < -0.39 is 23.8 Å². The number of esters is 2. The van der Waals surface area contributed by atoms with Gasteiger partial charge >= 0.3 is 11.9 Å². The molecule has 3 atom stereocenters. The molecule has 0 saturated carbocycles. The molecule has 0 aromatic heterocycles. The van der Waals surface area contributed by atoms with E-state index >= 15 is 0 Å². The van der Waals surface area contributed by atoms with E-state index in [1.807, 2.05) is 68.4 Å². The van der Waals surface area contributed by atoms with Crippen molar-refractivity contribution in [3.63, 3.8) is 0 Å². The highest BCUT2D eigenvalue weighted by atomic mass is 16.6. The Morgan fingerprint density at radius 3 is 2.34 bits per heavy atom. The monoisotopic (exact) mass is 595 g/mol. The van der Waals surface area contributed by atoms with Crippen molar-refractivity contribution in [1.29, 1.82) is 0 Å². The molecule has 0 bridgehead atoms. The van der Waals surface area contributed by atoms with Crippen molar-refractivity contribution in [2.75, 3.05) is 20.3 Å². The standard InChI is InChI=1S/C36H37NO7/c1-5-42-32-21-26(13-16-31(32)44-23(3)38)34-33(36(40)43-18-17-24-9-7-6-8-10-24)22(2)37-29-19-27(20-30(39)35(29)34)25-11-14-28(41-4)15-12-25/h6-16,19,21,27,34-35,37H,5,17-18,20H2,1-4H3. The molecule has 0 saturated heterocycles. The van der Waals surface area contributed by atoms with Crippen LogP contribution in [0.1, 0.15) is 55.7 Å². The van der Waals surface area contributed by atoms with Gasteiger partial charge in [0.05, 0.1) is 31.8 Å². The largest absolute Gasteiger partial charge is 0.497 e. The zero-order valence-corrected chi connectivity index (χ0v) is 25.4. The van der Waals surface area contributed by atoms with Crippen molar-refractivity contribution in [2.45, 2.75) is 45.4 Å². The highest BCUT2D eigenvalue weighted by molar-refractivity contribution is 5.96. The maximum Gasteiger partial charge on any atom is 0.336 e. The van der Waals surface area contributed by atoms with Gasteiger partial charge in [0.1, 0.15) is 11.5 Å². The molecular weight excluding hydrogens is 558 g/mol. The molecule has 3 aromatic rings. The Kier molecular flexibility index (Phi) is 9.48. The summed E-state index contributed by atoms with van der Waals surface area (Å²) in [6, 6.07) is 22.7. The predicted molar refractivity (Wildman–Crippen MR) is 166 cm³/mol. The van der Waals surface area contributed by atoms with Crippen LogP contribution in [0, 0.1) is 5.92 Å². The first-order valence-corrected chi connectivity index (χ1v) is 14.8. The van der Waals surface area contributed by atoms with E-state index in [9.17, 15) is 14.4 Å². The maximum absolute atomic E-state index is 14.0. The molecule has 1 heterocycles. The van der Waals surface area contributed by atoms with Crippen molar-refractivity contribution in [3.05, 3.63) is 113 Å². The minimum atomic E-state index is -0.640. The van der Waals surface area contributed by atoms with Gasteiger partial charge in [-0.1, -0.05) is 54.6 Å². The zero-order valence-electron chi connectivity index (χ0n) is 25.4. The smallest absolute Gasteiger partial charge is 0.336 e. The third-order valence-electron chi connectivity index (χ3n) is 7.97. The number of methoxy groups -OCH3 is 1. The third kappa shape index (κ3) is 6.70. The van der Waals surface area contributed by atoms with E-state index in [0.717, 1.165) is 22.6 Å². The van der Waals surface area contributed by atoms with Gasteiger partial charge in [-0.25, -0.2) is 4.79 Å². The third-order valence-corrected chi connectivity index (χ3v) is 7.97. The second-order valence-corrected chi connectivity index (χ2v) is 10.9. The van der Waals surface area contributed by atoms with Crippen LogP contribution in [0.15, 0.2) is 95.8 Å².